The zero-order valence-corrected chi connectivity index (χ0v) is 12.0. The van der Waals surface area contributed by atoms with Gasteiger partial charge in [0.15, 0.2) is 0 Å². The molecule has 1 aliphatic carbocycles. The van der Waals surface area contributed by atoms with Gasteiger partial charge >= 0.3 is 5.97 Å². The molecule has 2 aromatic carbocycles. The van der Waals surface area contributed by atoms with Crippen LogP contribution in [0.15, 0.2) is 48.5 Å². The van der Waals surface area contributed by atoms with Crippen molar-refractivity contribution in [2.75, 3.05) is 5.88 Å². The number of carbonyl (C=O) groups is 1. The van der Waals surface area contributed by atoms with Gasteiger partial charge in [-0.1, -0.05) is 48.6 Å². The molecular weight excluding hydrogens is 284 g/mol. The third-order valence-corrected chi connectivity index (χ3v) is 3.72. The van der Waals surface area contributed by atoms with Crippen molar-refractivity contribution in [3.63, 3.8) is 0 Å². The Balaban J connectivity index is 2.29. The van der Waals surface area contributed by atoms with E-state index in [2.05, 4.69) is 0 Å². The van der Waals surface area contributed by atoms with E-state index in [1.807, 2.05) is 48.6 Å². The van der Waals surface area contributed by atoms with E-state index in [1.165, 1.54) is 0 Å². The highest BCUT2D eigenvalue weighted by Crippen LogP contribution is 2.34. The minimum absolute atomic E-state index is 0.280. The van der Waals surface area contributed by atoms with Crippen molar-refractivity contribution in [2.45, 2.75) is 0 Å². The number of halogens is 1. The van der Waals surface area contributed by atoms with Crippen LogP contribution >= 0.6 is 11.6 Å². The molecule has 2 nitrogen and oxygen atoms in total. The molecule has 0 aliphatic heterocycles. The van der Waals surface area contributed by atoms with Crippen LogP contribution in [0, 0.1) is 0 Å². The second kappa shape index (κ2) is 5.58. The fraction of sp³-hybridized carbons (Fsp3) is 0.0556. The fourth-order valence-electron chi connectivity index (χ4n) is 2.58. The predicted molar refractivity (Wildman–Crippen MR) is 86.6 cm³/mol. The second-order valence-corrected chi connectivity index (χ2v) is 5.11. The Morgan fingerprint density at radius 2 is 1.76 bits per heavy atom. The Labute approximate surface area is 128 Å². The first-order valence-electron chi connectivity index (χ1n) is 6.62. The Morgan fingerprint density at radius 1 is 1.05 bits per heavy atom. The number of hydrogen-bond donors (Lipinski definition) is 1. The Bertz CT molecular complexity index is 773. The highest BCUT2D eigenvalue weighted by Gasteiger charge is 2.16. The molecule has 0 heterocycles. The number of carboxylic acids is 1. The van der Waals surface area contributed by atoms with E-state index in [9.17, 15) is 9.90 Å². The van der Waals surface area contributed by atoms with Crippen LogP contribution in [0.4, 0.5) is 0 Å². The number of allylic oxidation sites excluding steroid dienone is 1. The average molecular weight is 297 g/mol. The summed E-state index contributed by atoms with van der Waals surface area (Å²) in [5.41, 5.74) is 5.31. The summed E-state index contributed by atoms with van der Waals surface area (Å²) >= 11 is 5.91. The molecule has 0 radical (unpaired) electrons. The van der Waals surface area contributed by atoms with Crippen molar-refractivity contribution >= 4 is 35.3 Å². The molecule has 0 bridgehead atoms. The summed E-state index contributed by atoms with van der Waals surface area (Å²) in [7, 11) is 0. The summed E-state index contributed by atoms with van der Waals surface area (Å²) in [5, 5.41) is 9.20. The molecule has 0 saturated carbocycles. The van der Waals surface area contributed by atoms with E-state index in [-0.39, 0.29) is 5.56 Å². The Kier molecular flexibility index (Phi) is 3.63. The molecule has 0 spiro atoms. The number of carboxylic acid groups (broad SMARTS) is 1. The molecule has 0 saturated heterocycles. The van der Waals surface area contributed by atoms with Gasteiger partial charge in [0.05, 0.1) is 5.56 Å². The minimum Gasteiger partial charge on any atom is -0.478 e. The van der Waals surface area contributed by atoms with Crippen LogP contribution in [-0.4, -0.2) is 17.0 Å². The van der Waals surface area contributed by atoms with Crippen molar-refractivity contribution in [2.24, 2.45) is 0 Å². The highest BCUT2D eigenvalue weighted by atomic mass is 35.5. The normalized spacial score (nSPS) is 14.4. The van der Waals surface area contributed by atoms with E-state index < -0.39 is 5.97 Å². The summed E-state index contributed by atoms with van der Waals surface area (Å²) in [6.07, 6.45) is 5.98. The summed E-state index contributed by atoms with van der Waals surface area (Å²) in [4.78, 5) is 11.2. The van der Waals surface area contributed by atoms with Gasteiger partial charge in [-0.25, -0.2) is 4.79 Å². The molecule has 104 valence electrons. The summed E-state index contributed by atoms with van der Waals surface area (Å²) < 4.78 is 0. The summed E-state index contributed by atoms with van der Waals surface area (Å²) in [5.74, 6) is -0.551. The highest BCUT2D eigenvalue weighted by molar-refractivity contribution is 6.19. The molecule has 2 aromatic rings. The minimum atomic E-state index is -0.926. The molecule has 21 heavy (non-hydrogen) atoms. The van der Waals surface area contributed by atoms with Crippen LogP contribution in [-0.2, 0) is 0 Å². The number of rotatable bonds is 2. The first-order valence-corrected chi connectivity index (χ1v) is 7.15. The number of hydrogen-bond acceptors (Lipinski definition) is 1. The number of benzene rings is 2. The fourth-order valence-corrected chi connectivity index (χ4v) is 2.73. The van der Waals surface area contributed by atoms with Crippen molar-refractivity contribution in [3.8, 4) is 0 Å². The monoisotopic (exact) mass is 296 g/mol. The maximum absolute atomic E-state index is 11.2. The Morgan fingerprint density at radius 3 is 2.48 bits per heavy atom. The maximum atomic E-state index is 11.2. The molecule has 0 aromatic heterocycles. The molecular formula is C18H13ClO2. The van der Waals surface area contributed by atoms with Gasteiger partial charge in [0.2, 0.25) is 0 Å². The van der Waals surface area contributed by atoms with Gasteiger partial charge in [-0.15, -0.1) is 11.6 Å². The van der Waals surface area contributed by atoms with Crippen molar-refractivity contribution < 1.29 is 9.90 Å². The molecule has 0 fully saturated rings. The maximum Gasteiger partial charge on any atom is 0.335 e. The van der Waals surface area contributed by atoms with E-state index in [1.54, 1.807) is 12.1 Å². The Hall–Kier alpha value is -2.32. The van der Waals surface area contributed by atoms with Crippen molar-refractivity contribution in [1.29, 1.82) is 0 Å². The summed E-state index contributed by atoms with van der Waals surface area (Å²) in [6.45, 7) is 0. The number of fused-ring (bicyclic) bond motifs is 2. The summed E-state index contributed by atoms with van der Waals surface area (Å²) in [6, 6.07) is 13.2. The average Bonchev–Trinajstić information content (AvgIpc) is 2.65. The third kappa shape index (κ3) is 2.50. The molecule has 0 atom stereocenters. The van der Waals surface area contributed by atoms with Gasteiger partial charge in [0.1, 0.15) is 0 Å². The SMILES string of the molecule is O=C(O)c1ccc2c(c1)C(=CCCl)c1ccccc1C=C2. The van der Waals surface area contributed by atoms with Crippen LogP contribution in [0.2, 0.25) is 0 Å². The van der Waals surface area contributed by atoms with Crippen LogP contribution in [0.1, 0.15) is 32.6 Å². The predicted octanol–water partition coefficient (Wildman–Crippen LogP) is 4.54. The van der Waals surface area contributed by atoms with E-state index in [4.69, 9.17) is 11.6 Å². The molecule has 0 amide bonds. The molecule has 0 unspecified atom stereocenters. The standard InChI is InChI=1S/C18H13ClO2/c19-10-9-16-15-4-2-1-3-12(15)5-6-13-7-8-14(18(20)21)11-17(13)16/h1-9,11H,10H2,(H,20,21). The van der Waals surface area contributed by atoms with Gasteiger partial charge in [0, 0.05) is 5.88 Å². The van der Waals surface area contributed by atoms with E-state index >= 15 is 0 Å². The first kappa shape index (κ1) is 13.7. The smallest absolute Gasteiger partial charge is 0.335 e. The molecule has 1 aliphatic rings. The quantitative estimate of drug-likeness (QED) is 0.705. The number of alkyl halides is 1. The van der Waals surface area contributed by atoms with Gasteiger partial charge in [0.25, 0.3) is 0 Å². The topological polar surface area (TPSA) is 37.3 Å². The van der Waals surface area contributed by atoms with Gasteiger partial charge in [-0.3, -0.25) is 0 Å². The zero-order chi connectivity index (χ0) is 14.8. The van der Waals surface area contributed by atoms with Crippen LogP contribution < -0.4 is 0 Å². The lowest BCUT2D eigenvalue weighted by Crippen LogP contribution is -2.00. The first-order chi connectivity index (χ1) is 10.2. The molecule has 1 N–H and O–H groups in total. The van der Waals surface area contributed by atoms with Gasteiger partial charge in [-0.05, 0) is 40.0 Å². The van der Waals surface area contributed by atoms with Crippen LogP contribution in [0.5, 0.6) is 0 Å². The molecule has 3 heteroatoms. The lowest BCUT2D eigenvalue weighted by Gasteiger charge is -2.12. The van der Waals surface area contributed by atoms with Crippen LogP contribution in [0.3, 0.4) is 0 Å². The van der Waals surface area contributed by atoms with Gasteiger partial charge in [-0.2, -0.15) is 0 Å². The van der Waals surface area contributed by atoms with E-state index in [0.29, 0.717) is 5.88 Å². The van der Waals surface area contributed by atoms with Crippen LogP contribution in [0.25, 0.3) is 17.7 Å². The second-order valence-electron chi connectivity index (χ2n) is 4.80. The van der Waals surface area contributed by atoms with E-state index in [0.717, 1.165) is 27.8 Å². The lowest BCUT2D eigenvalue weighted by molar-refractivity contribution is 0.0697. The van der Waals surface area contributed by atoms with Crippen molar-refractivity contribution in [1.82, 2.24) is 0 Å². The molecule has 3 rings (SSSR count). The van der Waals surface area contributed by atoms with Gasteiger partial charge < -0.3 is 5.11 Å². The lowest BCUT2D eigenvalue weighted by atomic mass is 9.92. The zero-order valence-electron chi connectivity index (χ0n) is 11.2. The van der Waals surface area contributed by atoms with Crippen molar-refractivity contribution in [3.05, 3.63) is 76.4 Å². The third-order valence-electron chi connectivity index (χ3n) is 3.57. The largest absolute Gasteiger partial charge is 0.478 e. The number of aromatic carboxylic acids is 1.